The van der Waals surface area contributed by atoms with E-state index in [4.69, 9.17) is 17.0 Å². The van der Waals surface area contributed by atoms with Gasteiger partial charge >= 0.3 is 0 Å². The standard InChI is InChI=1S/C17H24N4OS/c1-3-20(4-2)14-9-7-13(8-10-14)16-18-19-17(23)21(16)12-15-6-5-11-22-15/h7-10,15H,3-6,11-12H2,1-2H3,(H,19,23)/t15-/m1/s1. The molecule has 0 aliphatic carbocycles. The van der Waals surface area contributed by atoms with Gasteiger partial charge in [0.15, 0.2) is 10.6 Å². The molecule has 1 N–H and O–H groups in total. The van der Waals surface area contributed by atoms with Gasteiger partial charge in [-0.05, 0) is 63.2 Å². The molecule has 6 heteroatoms. The molecule has 1 aromatic heterocycles. The number of aromatic amines is 1. The van der Waals surface area contributed by atoms with E-state index in [1.807, 2.05) is 0 Å². The van der Waals surface area contributed by atoms with Gasteiger partial charge in [-0.2, -0.15) is 5.10 Å². The molecule has 0 spiro atoms. The Balaban J connectivity index is 1.85. The summed E-state index contributed by atoms with van der Waals surface area (Å²) < 4.78 is 8.45. The number of hydrogen-bond acceptors (Lipinski definition) is 4. The maximum absolute atomic E-state index is 5.74. The van der Waals surface area contributed by atoms with Crippen LogP contribution in [0.1, 0.15) is 26.7 Å². The first-order valence-electron chi connectivity index (χ1n) is 8.35. The van der Waals surface area contributed by atoms with E-state index in [-0.39, 0.29) is 6.10 Å². The Labute approximate surface area is 142 Å². The van der Waals surface area contributed by atoms with Crippen LogP contribution in [0.5, 0.6) is 0 Å². The Morgan fingerprint density at radius 1 is 1.30 bits per heavy atom. The van der Waals surface area contributed by atoms with Gasteiger partial charge in [-0.15, -0.1) is 0 Å². The summed E-state index contributed by atoms with van der Waals surface area (Å²) in [7, 11) is 0. The summed E-state index contributed by atoms with van der Waals surface area (Å²) in [6, 6.07) is 8.53. The molecule has 1 aliphatic rings. The van der Waals surface area contributed by atoms with Gasteiger partial charge < -0.3 is 9.64 Å². The predicted octanol–water partition coefficient (Wildman–Crippen LogP) is 3.63. The zero-order chi connectivity index (χ0) is 16.2. The van der Waals surface area contributed by atoms with Crippen molar-refractivity contribution < 1.29 is 4.74 Å². The lowest BCUT2D eigenvalue weighted by Crippen LogP contribution is -2.21. The quantitative estimate of drug-likeness (QED) is 0.821. The van der Waals surface area contributed by atoms with E-state index in [1.165, 1.54) is 5.69 Å². The molecular weight excluding hydrogens is 308 g/mol. The Hall–Kier alpha value is -1.66. The van der Waals surface area contributed by atoms with Crippen molar-refractivity contribution >= 4 is 17.9 Å². The molecule has 0 amide bonds. The molecule has 2 aromatic rings. The third kappa shape index (κ3) is 3.48. The van der Waals surface area contributed by atoms with Crippen LogP contribution in [0.3, 0.4) is 0 Å². The predicted molar refractivity (Wildman–Crippen MR) is 95.4 cm³/mol. The number of nitrogens with one attached hydrogen (secondary N) is 1. The lowest BCUT2D eigenvalue weighted by molar-refractivity contribution is 0.0970. The Bertz CT molecular complexity index is 681. The van der Waals surface area contributed by atoms with Crippen molar-refractivity contribution in [1.29, 1.82) is 0 Å². The molecule has 0 radical (unpaired) electrons. The number of aromatic nitrogens is 3. The zero-order valence-electron chi connectivity index (χ0n) is 13.8. The third-order valence-corrected chi connectivity index (χ3v) is 4.73. The summed E-state index contributed by atoms with van der Waals surface area (Å²) in [6.07, 6.45) is 2.46. The molecule has 5 nitrogen and oxygen atoms in total. The summed E-state index contributed by atoms with van der Waals surface area (Å²) in [5, 5.41) is 7.34. The van der Waals surface area contributed by atoms with Crippen LogP contribution in [-0.2, 0) is 11.3 Å². The number of benzene rings is 1. The topological polar surface area (TPSA) is 46.1 Å². The summed E-state index contributed by atoms with van der Waals surface area (Å²) in [5.74, 6) is 0.886. The number of nitrogens with zero attached hydrogens (tertiary/aromatic N) is 3. The minimum atomic E-state index is 0.244. The van der Waals surface area contributed by atoms with E-state index in [9.17, 15) is 0 Å². The van der Waals surface area contributed by atoms with Crippen LogP contribution in [0.15, 0.2) is 24.3 Å². The normalized spacial score (nSPS) is 17.6. The molecule has 23 heavy (non-hydrogen) atoms. The van der Waals surface area contributed by atoms with Crippen LogP contribution in [0, 0.1) is 4.77 Å². The number of anilines is 1. The van der Waals surface area contributed by atoms with E-state index in [0.29, 0.717) is 4.77 Å². The summed E-state index contributed by atoms with van der Waals surface area (Å²) in [5.41, 5.74) is 2.31. The highest BCUT2D eigenvalue weighted by molar-refractivity contribution is 7.71. The van der Waals surface area contributed by atoms with Gasteiger partial charge in [-0.1, -0.05) is 0 Å². The van der Waals surface area contributed by atoms with Crippen LogP contribution >= 0.6 is 12.2 Å². The Morgan fingerprint density at radius 3 is 2.65 bits per heavy atom. The van der Waals surface area contributed by atoms with Crippen LogP contribution < -0.4 is 4.90 Å². The molecule has 1 atom stereocenters. The van der Waals surface area contributed by atoms with Crippen LogP contribution in [0.2, 0.25) is 0 Å². The molecule has 0 unspecified atom stereocenters. The highest BCUT2D eigenvalue weighted by Gasteiger charge is 2.19. The van der Waals surface area contributed by atoms with E-state index in [0.717, 1.165) is 50.5 Å². The number of ether oxygens (including phenoxy) is 1. The van der Waals surface area contributed by atoms with Gasteiger partial charge in [0.25, 0.3) is 0 Å². The van der Waals surface area contributed by atoms with Crippen molar-refractivity contribution in [3.8, 4) is 11.4 Å². The van der Waals surface area contributed by atoms with Crippen LogP contribution in [-0.4, -0.2) is 40.6 Å². The molecule has 3 rings (SSSR count). The van der Waals surface area contributed by atoms with Crippen molar-refractivity contribution in [3.05, 3.63) is 29.0 Å². The second-order valence-corrected chi connectivity index (χ2v) is 6.20. The summed E-state index contributed by atoms with van der Waals surface area (Å²) in [4.78, 5) is 2.33. The second-order valence-electron chi connectivity index (χ2n) is 5.82. The molecule has 2 heterocycles. The molecule has 1 aromatic carbocycles. The van der Waals surface area contributed by atoms with Gasteiger partial charge in [0.2, 0.25) is 0 Å². The van der Waals surface area contributed by atoms with Gasteiger partial charge in [0, 0.05) is 30.9 Å². The minimum absolute atomic E-state index is 0.244. The van der Waals surface area contributed by atoms with Gasteiger partial charge in [-0.3, -0.25) is 9.67 Å². The van der Waals surface area contributed by atoms with Crippen molar-refractivity contribution in [1.82, 2.24) is 14.8 Å². The van der Waals surface area contributed by atoms with Crippen LogP contribution in [0.4, 0.5) is 5.69 Å². The van der Waals surface area contributed by atoms with E-state index >= 15 is 0 Å². The SMILES string of the molecule is CCN(CC)c1ccc(-c2n[nH]c(=S)n2C[C@H]2CCCO2)cc1. The maximum atomic E-state index is 5.74. The first kappa shape index (κ1) is 16.2. The molecule has 1 saturated heterocycles. The third-order valence-electron chi connectivity index (χ3n) is 4.42. The lowest BCUT2D eigenvalue weighted by atomic mass is 10.1. The smallest absolute Gasteiger partial charge is 0.195 e. The number of H-pyrrole nitrogens is 1. The van der Waals surface area contributed by atoms with E-state index in [1.54, 1.807) is 0 Å². The Kier molecular flexibility index (Phi) is 5.13. The highest BCUT2D eigenvalue weighted by atomic mass is 32.1. The van der Waals surface area contributed by atoms with Crippen molar-refractivity contribution in [3.63, 3.8) is 0 Å². The average molecular weight is 332 g/mol. The van der Waals surface area contributed by atoms with Crippen LogP contribution in [0.25, 0.3) is 11.4 Å². The minimum Gasteiger partial charge on any atom is -0.376 e. The molecule has 0 saturated carbocycles. The summed E-state index contributed by atoms with van der Waals surface area (Å²) in [6.45, 7) is 7.97. The average Bonchev–Trinajstić information content (AvgIpc) is 3.21. The Morgan fingerprint density at radius 2 is 2.04 bits per heavy atom. The maximum Gasteiger partial charge on any atom is 0.195 e. The fourth-order valence-electron chi connectivity index (χ4n) is 3.11. The molecule has 1 fully saturated rings. The lowest BCUT2D eigenvalue weighted by Gasteiger charge is -2.21. The highest BCUT2D eigenvalue weighted by Crippen LogP contribution is 2.23. The first-order valence-corrected chi connectivity index (χ1v) is 8.76. The number of rotatable bonds is 6. The fourth-order valence-corrected chi connectivity index (χ4v) is 3.32. The van der Waals surface area contributed by atoms with Crippen molar-refractivity contribution in [2.75, 3.05) is 24.6 Å². The van der Waals surface area contributed by atoms with E-state index < -0.39 is 0 Å². The number of hydrogen-bond donors (Lipinski definition) is 1. The van der Waals surface area contributed by atoms with Crippen molar-refractivity contribution in [2.45, 2.75) is 39.3 Å². The fraction of sp³-hybridized carbons (Fsp3) is 0.529. The molecule has 1 aliphatic heterocycles. The van der Waals surface area contributed by atoms with E-state index in [2.05, 4.69) is 57.8 Å². The van der Waals surface area contributed by atoms with Gasteiger partial charge in [0.05, 0.1) is 12.6 Å². The second kappa shape index (κ2) is 7.27. The van der Waals surface area contributed by atoms with Crippen molar-refractivity contribution in [2.24, 2.45) is 0 Å². The molecule has 0 bridgehead atoms. The molecule has 124 valence electrons. The van der Waals surface area contributed by atoms with Gasteiger partial charge in [0.1, 0.15) is 0 Å². The molecular formula is C17H24N4OS. The van der Waals surface area contributed by atoms with Gasteiger partial charge in [-0.25, -0.2) is 0 Å². The first-order chi connectivity index (χ1) is 11.2. The zero-order valence-corrected chi connectivity index (χ0v) is 14.6. The summed E-state index contributed by atoms with van der Waals surface area (Å²) >= 11 is 5.39. The largest absolute Gasteiger partial charge is 0.376 e. The monoisotopic (exact) mass is 332 g/mol.